The summed E-state index contributed by atoms with van der Waals surface area (Å²) in [6, 6.07) is 0. The van der Waals surface area contributed by atoms with Gasteiger partial charge in [0.15, 0.2) is 11.8 Å². The lowest BCUT2D eigenvalue weighted by molar-refractivity contribution is 0.374. The molecule has 1 rings (SSSR count). The van der Waals surface area contributed by atoms with Crippen LogP contribution in [0.2, 0.25) is 0 Å². The Morgan fingerprint density at radius 1 is 1.20 bits per heavy atom. The van der Waals surface area contributed by atoms with E-state index in [0.29, 0.717) is 18.1 Å². The van der Waals surface area contributed by atoms with E-state index in [1.54, 1.807) is 7.05 Å². The Bertz CT molecular complexity index is 381. The third kappa shape index (κ3) is 8.34. The summed E-state index contributed by atoms with van der Waals surface area (Å²) in [6.45, 7) is 5.72. The lowest BCUT2D eigenvalue weighted by Crippen LogP contribution is -2.38. The van der Waals surface area contributed by atoms with Crippen LogP contribution < -0.4 is 10.6 Å². The van der Waals surface area contributed by atoms with Gasteiger partial charge in [-0.15, -0.1) is 24.0 Å². The van der Waals surface area contributed by atoms with Gasteiger partial charge in [0.1, 0.15) is 0 Å². The van der Waals surface area contributed by atoms with Crippen LogP contribution in [0.3, 0.4) is 0 Å². The minimum atomic E-state index is 0. The van der Waals surface area contributed by atoms with Gasteiger partial charge < -0.3 is 15.2 Å². The number of nitrogens with one attached hydrogen (secondary N) is 2. The third-order valence-corrected chi connectivity index (χ3v) is 2.75. The van der Waals surface area contributed by atoms with Gasteiger partial charge in [-0.3, -0.25) is 4.99 Å². The Morgan fingerprint density at radius 3 is 2.55 bits per heavy atom. The highest BCUT2D eigenvalue weighted by Crippen LogP contribution is 1.97. The molecule has 0 radical (unpaired) electrons. The molecular weight excluding hydrogens is 369 g/mol. The minimum Gasteiger partial charge on any atom is -0.356 e. The maximum Gasteiger partial charge on any atom is 0.228 e. The van der Waals surface area contributed by atoms with E-state index >= 15 is 0 Å². The molecule has 0 aliphatic rings. The molecule has 0 saturated carbocycles. The van der Waals surface area contributed by atoms with Crippen LogP contribution in [0.5, 0.6) is 0 Å². The summed E-state index contributed by atoms with van der Waals surface area (Å²) >= 11 is 0. The van der Waals surface area contributed by atoms with E-state index in [9.17, 15) is 0 Å². The fourth-order valence-corrected chi connectivity index (χ4v) is 1.71. The summed E-state index contributed by atoms with van der Waals surface area (Å²) < 4.78 is 5.04. The lowest BCUT2D eigenvalue weighted by atomic mass is 10.2. The van der Waals surface area contributed by atoms with Crippen molar-refractivity contribution in [3.8, 4) is 0 Å². The van der Waals surface area contributed by atoms with Gasteiger partial charge in [0.2, 0.25) is 5.89 Å². The number of aromatic nitrogens is 2. The second kappa shape index (κ2) is 11.9. The summed E-state index contributed by atoms with van der Waals surface area (Å²) in [5.74, 6) is 2.16. The molecule has 2 N–H and O–H groups in total. The molecule has 1 aromatic heterocycles. The first-order valence-electron chi connectivity index (χ1n) is 7.00. The Labute approximate surface area is 138 Å². The van der Waals surface area contributed by atoms with Crippen LogP contribution in [0.15, 0.2) is 9.52 Å². The normalized spacial score (nSPS) is 11.1. The Hall–Kier alpha value is -0.860. The topological polar surface area (TPSA) is 75.3 Å². The molecule has 6 nitrogen and oxygen atoms in total. The molecule has 1 aromatic rings. The van der Waals surface area contributed by atoms with E-state index in [0.717, 1.165) is 19.0 Å². The van der Waals surface area contributed by atoms with Crippen LogP contribution >= 0.6 is 24.0 Å². The van der Waals surface area contributed by atoms with E-state index in [-0.39, 0.29) is 24.0 Å². The zero-order chi connectivity index (χ0) is 13.9. The summed E-state index contributed by atoms with van der Waals surface area (Å²) in [6.07, 6.45) is 5.71. The summed E-state index contributed by atoms with van der Waals surface area (Å²) in [5, 5.41) is 10.3. The van der Waals surface area contributed by atoms with Crippen molar-refractivity contribution in [3.63, 3.8) is 0 Å². The zero-order valence-corrected chi connectivity index (χ0v) is 14.9. The molecule has 0 bridgehead atoms. The quantitative estimate of drug-likeness (QED) is 0.306. The van der Waals surface area contributed by atoms with E-state index in [1.165, 1.54) is 25.7 Å². The van der Waals surface area contributed by atoms with Crippen LogP contribution in [0.1, 0.15) is 44.3 Å². The van der Waals surface area contributed by atoms with Crippen LogP contribution in [-0.4, -0.2) is 36.2 Å². The molecule has 0 atom stereocenters. The second-order valence-electron chi connectivity index (χ2n) is 4.47. The summed E-state index contributed by atoms with van der Waals surface area (Å²) in [4.78, 5) is 8.32. The van der Waals surface area contributed by atoms with Crippen LogP contribution in [0, 0.1) is 6.92 Å². The van der Waals surface area contributed by atoms with Crippen molar-refractivity contribution in [2.24, 2.45) is 4.99 Å². The summed E-state index contributed by atoms with van der Waals surface area (Å²) in [7, 11) is 1.78. The number of hydrogen-bond acceptors (Lipinski definition) is 4. The Kier molecular flexibility index (Phi) is 11.4. The van der Waals surface area contributed by atoms with Crippen LogP contribution in [-0.2, 0) is 6.42 Å². The van der Waals surface area contributed by atoms with Gasteiger partial charge in [-0.1, -0.05) is 31.3 Å². The zero-order valence-electron chi connectivity index (χ0n) is 12.6. The average Bonchev–Trinajstić information content (AvgIpc) is 2.82. The molecule has 0 fully saturated rings. The number of halogens is 1. The van der Waals surface area contributed by atoms with Crippen molar-refractivity contribution in [1.29, 1.82) is 0 Å². The molecule has 1 heterocycles. The molecule has 7 heteroatoms. The van der Waals surface area contributed by atoms with E-state index in [4.69, 9.17) is 4.52 Å². The molecule has 0 unspecified atom stereocenters. The number of guanidine groups is 1. The van der Waals surface area contributed by atoms with E-state index < -0.39 is 0 Å². The lowest BCUT2D eigenvalue weighted by Gasteiger charge is -2.10. The van der Waals surface area contributed by atoms with Crippen molar-refractivity contribution in [2.45, 2.75) is 46.0 Å². The van der Waals surface area contributed by atoms with Crippen molar-refractivity contribution in [1.82, 2.24) is 20.8 Å². The van der Waals surface area contributed by atoms with Gasteiger partial charge in [-0.2, -0.15) is 4.98 Å². The maximum atomic E-state index is 5.04. The monoisotopic (exact) mass is 395 g/mol. The number of aryl methyl sites for hydroxylation is 1. The Morgan fingerprint density at radius 2 is 1.95 bits per heavy atom. The molecule has 116 valence electrons. The van der Waals surface area contributed by atoms with Gasteiger partial charge in [-0.25, -0.2) is 0 Å². The molecule has 0 aliphatic heterocycles. The SMILES string of the molecule is CCCCCCNC(=NC)NCCc1nc(C)no1.I. The number of hydrogen-bond donors (Lipinski definition) is 2. The Balaban J connectivity index is 0.00000361. The predicted octanol–water partition coefficient (Wildman–Crippen LogP) is 2.28. The van der Waals surface area contributed by atoms with Crippen molar-refractivity contribution in [3.05, 3.63) is 11.7 Å². The smallest absolute Gasteiger partial charge is 0.228 e. The predicted molar refractivity (Wildman–Crippen MR) is 91.7 cm³/mol. The summed E-state index contributed by atoms with van der Waals surface area (Å²) in [5.41, 5.74) is 0. The van der Waals surface area contributed by atoms with Gasteiger partial charge in [0.05, 0.1) is 0 Å². The van der Waals surface area contributed by atoms with Gasteiger partial charge in [0.25, 0.3) is 0 Å². The first-order chi connectivity index (χ1) is 9.26. The first kappa shape index (κ1) is 19.1. The molecular formula is C13H26IN5O. The molecule has 0 aliphatic carbocycles. The van der Waals surface area contributed by atoms with Gasteiger partial charge >= 0.3 is 0 Å². The van der Waals surface area contributed by atoms with E-state index in [2.05, 4.69) is 32.7 Å². The molecule has 0 spiro atoms. The fourth-order valence-electron chi connectivity index (χ4n) is 1.71. The van der Waals surface area contributed by atoms with Crippen molar-refractivity contribution in [2.75, 3.05) is 20.1 Å². The van der Waals surface area contributed by atoms with Crippen LogP contribution in [0.4, 0.5) is 0 Å². The minimum absolute atomic E-state index is 0. The molecule has 0 amide bonds. The molecule has 0 aromatic carbocycles. The number of aliphatic imine (C=N–C) groups is 1. The third-order valence-electron chi connectivity index (χ3n) is 2.75. The number of nitrogens with zero attached hydrogens (tertiary/aromatic N) is 3. The number of rotatable bonds is 8. The molecule has 20 heavy (non-hydrogen) atoms. The number of unbranched alkanes of at least 4 members (excludes halogenated alkanes) is 3. The highest BCUT2D eigenvalue weighted by Gasteiger charge is 2.03. The highest BCUT2D eigenvalue weighted by molar-refractivity contribution is 14.0. The fraction of sp³-hybridized carbons (Fsp3) is 0.769. The van der Waals surface area contributed by atoms with Crippen molar-refractivity contribution >= 4 is 29.9 Å². The largest absolute Gasteiger partial charge is 0.356 e. The van der Waals surface area contributed by atoms with E-state index in [1.807, 2.05) is 6.92 Å². The average molecular weight is 395 g/mol. The highest BCUT2D eigenvalue weighted by atomic mass is 127. The standard InChI is InChI=1S/C13H25N5O.HI/c1-4-5-6-7-9-15-13(14-3)16-10-8-12-17-11(2)18-19-12;/h4-10H2,1-3H3,(H2,14,15,16);1H. The van der Waals surface area contributed by atoms with Crippen LogP contribution in [0.25, 0.3) is 0 Å². The second-order valence-corrected chi connectivity index (χ2v) is 4.47. The van der Waals surface area contributed by atoms with Crippen molar-refractivity contribution < 1.29 is 4.52 Å². The first-order valence-corrected chi connectivity index (χ1v) is 7.00. The molecule has 0 saturated heterocycles. The van der Waals surface area contributed by atoms with Gasteiger partial charge in [0, 0.05) is 26.6 Å². The maximum absolute atomic E-state index is 5.04. The van der Waals surface area contributed by atoms with Gasteiger partial charge in [-0.05, 0) is 13.3 Å².